The molecule has 0 aromatic rings. The largest absolute Gasteiger partial charge is 0.381 e. The molecule has 2 aliphatic rings. The summed E-state index contributed by atoms with van der Waals surface area (Å²) in [7, 11) is 0. The molecule has 0 saturated carbocycles. The van der Waals surface area contributed by atoms with E-state index in [2.05, 4.69) is 24.1 Å². The number of hydrogen-bond acceptors (Lipinski definition) is 4. The summed E-state index contributed by atoms with van der Waals surface area (Å²) in [6.07, 6.45) is 2.27. The second-order valence-electron chi connectivity index (χ2n) is 5.99. The lowest BCUT2D eigenvalue weighted by Crippen LogP contribution is -2.56. The van der Waals surface area contributed by atoms with Crippen molar-refractivity contribution < 1.29 is 9.47 Å². The van der Waals surface area contributed by atoms with Crippen molar-refractivity contribution in [2.75, 3.05) is 45.3 Å². The van der Waals surface area contributed by atoms with Crippen LogP contribution in [0.2, 0.25) is 0 Å². The van der Waals surface area contributed by atoms with Gasteiger partial charge in [0, 0.05) is 50.3 Å². The van der Waals surface area contributed by atoms with Gasteiger partial charge >= 0.3 is 0 Å². The minimum absolute atomic E-state index is 0.0449. The summed E-state index contributed by atoms with van der Waals surface area (Å²) in [6, 6.07) is 0.594. The Morgan fingerprint density at radius 3 is 2.68 bits per heavy atom. The Balaban J connectivity index is 1.80. The lowest BCUT2D eigenvalue weighted by atomic mass is 9.92. The summed E-state index contributed by atoms with van der Waals surface area (Å²) in [6.45, 7) is 9.88. The van der Waals surface area contributed by atoms with Crippen molar-refractivity contribution in [2.45, 2.75) is 44.4 Å². The highest BCUT2D eigenvalue weighted by atomic mass is 35.5. The van der Waals surface area contributed by atoms with E-state index in [0.717, 1.165) is 52.3 Å². The number of halogens is 1. The van der Waals surface area contributed by atoms with Crippen LogP contribution in [0.4, 0.5) is 0 Å². The lowest BCUT2D eigenvalue weighted by molar-refractivity contribution is -0.0434. The van der Waals surface area contributed by atoms with Gasteiger partial charge in [-0.05, 0) is 26.7 Å². The number of ether oxygens (including phenoxy) is 2. The van der Waals surface area contributed by atoms with Crippen molar-refractivity contribution in [2.24, 2.45) is 0 Å². The second kappa shape index (κ2) is 7.23. The Bertz CT molecular complexity index is 270. The van der Waals surface area contributed by atoms with Crippen LogP contribution in [-0.4, -0.2) is 67.9 Å². The standard InChI is InChI=1S/C14H27ClN2O2/c1-12(2)17-5-8-19-13(10-17)9-16-14(11-15)3-6-18-7-4-14/h12-13,16H,3-11H2,1-2H3. The first-order chi connectivity index (χ1) is 9.15. The molecule has 2 aliphatic heterocycles. The summed E-state index contributed by atoms with van der Waals surface area (Å²) in [5.74, 6) is 0.650. The van der Waals surface area contributed by atoms with Crippen molar-refractivity contribution in [3.8, 4) is 0 Å². The fraction of sp³-hybridized carbons (Fsp3) is 1.00. The molecule has 0 bridgehead atoms. The Hall–Kier alpha value is 0.130. The minimum Gasteiger partial charge on any atom is -0.381 e. The maximum atomic E-state index is 6.16. The van der Waals surface area contributed by atoms with Crippen LogP contribution in [0.25, 0.3) is 0 Å². The Morgan fingerprint density at radius 1 is 1.32 bits per heavy atom. The molecule has 0 radical (unpaired) electrons. The number of alkyl halides is 1. The zero-order chi connectivity index (χ0) is 13.7. The van der Waals surface area contributed by atoms with Crippen LogP contribution in [0.3, 0.4) is 0 Å². The molecule has 0 aromatic heterocycles. The summed E-state index contributed by atoms with van der Waals surface area (Å²) in [5, 5.41) is 3.65. The topological polar surface area (TPSA) is 33.7 Å². The molecule has 5 heteroatoms. The molecule has 1 atom stereocenters. The monoisotopic (exact) mass is 290 g/mol. The molecule has 0 aromatic carbocycles. The van der Waals surface area contributed by atoms with Gasteiger partial charge in [0.2, 0.25) is 0 Å². The number of nitrogens with one attached hydrogen (secondary N) is 1. The molecule has 0 spiro atoms. The van der Waals surface area contributed by atoms with Gasteiger partial charge in [-0.25, -0.2) is 0 Å². The average molecular weight is 291 g/mol. The molecule has 2 fully saturated rings. The number of nitrogens with zero attached hydrogens (tertiary/aromatic N) is 1. The SMILES string of the molecule is CC(C)N1CCOC(CNC2(CCl)CCOCC2)C1. The maximum absolute atomic E-state index is 6.16. The Morgan fingerprint density at radius 2 is 2.05 bits per heavy atom. The number of hydrogen-bond donors (Lipinski definition) is 1. The predicted molar refractivity (Wildman–Crippen MR) is 78.0 cm³/mol. The Labute approximate surface area is 121 Å². The highest BCUT2D eigenvalue weighted by Gasteiger charge is 2.32. The normalized spacial score (nSPS) is 28.7. The van der Waals surface area contributed by atoms with E-state index in [0.29, 0.717) is 11.9 Å². The fourth-order valence-corrected chi connectivity index (χ4v) is 3.15. The van der Waals surface area contributed by atoms with E-state index in [-0.39, 0.29) is 11.6 Å². The fourth-order valence-electron chi connectivity index (χ4n) is 2.78. The quantitative estimate of drug-likeness (QED) is 0.778. The van der Waals surface area contributed by atoms with Crippen molar-refractivity contribution in [1.29, 1.82) is 0 Å². The van der Waals surface area contributed by atoms with Gasteiger partial charge in [-0.2, -0.15) is 0 Å². The van der Waals surface area contributed by atoms with E-state index >= 15 is 0 Å². The van der Waals surface area contributed by atoms with Crippen LogP contribution in [0.1, 0.15) is 26.7 Å². The molecular formula is C14H27ClN2O2. The number of morpholine rings is 1. The van der Waals surface area contributed by atoms with Gasteiger partial charge in [0.15, 0.2) is 0 Å². The van der Waals surface area contributed by atoms with Gasteiger partial charge in [-0.3, -0.25) is 4.90 Å². The zero-order valence-corrected chi connectivity index (χ0v) is 12.9. The molecule has 19 heavy (non-hydrogen) atoms. The molecule has 2 rings (SSSR count). The van der Waals surface area contributed by atoms with Crippen molar-refractivity contribution in [3.05, 3.63) is 0 Å². The van der Waals surface area contributed by atoms with E-state index in [1.807, 2.05) is 0 Å². The van der Waals surface area contributed by atoms with E-state index in [1.54, 1.807) is 0 Å². The minimum atomic E-state index is 0.0449. The van der Waals surface area contributed by atoms with Gasteiger partial charge in [-0.15, -0.1) is 11.6 Å². The van der Waals surface area contributed by atoms with Gasteiger partial charge in [0.05, 0.1) is 12.7 Å². The lowest BCUT2D eigenvalue weighted by Gasteiger charge is -2.40. The van der Waals surface area contributed by atoms with Crippen molar-refractivity contribution in [1.82, 2.24) is 10.2 Å². The summed E-state index contributed by atoms with van der Waals surface area (Å²) in [5.41, 5.74) is 0.0449. The zero-order valence-electron chi connectivity index (χ0n) is 12.2. The highest BCUT2D eigenvalue weighted by molar-refractivity contribution is 6.18. The molecule has 1 N–H and O–H groups in total. The third-order valence-electron chi connectivity index (χ3n) is 4.31. The first kappa shape index (κ1) is 15.5. The van der Waals surface area contributed by atoms with Crippen LogP contribution in [0.15, 0.2) is 0 Å². The van der Waals surface area contributed by atoms with Crippen LogP contribution in [-0.2, 0) is 9.47 Å². The summed E-state index contributed by atoms with van der Waals surface area (Å²) >= 11 is 6.16. The molecule has 0 aliphatic carbocycles. The molecule has 0 amide bonds. The van der Waals surface area contributed by atoms with Crippen LogP contribution in [0.5, 0.6) is 0 Å². The van der Waals surface area contributed by atoms with E-state index in [4.69, 9.17) is 21.1 Å². The predicted octanol–water partition coefficient (Wildman–Crippen LogP) is 1.47. The van der Waals surface area contributed by atoms with E-state index in [1.165, 1.54) is 0 Å². The van der Waals surface area contributed by atoms with Gasteiger partial charge in [0.1, 0.15) is 0 Å². The third kappa shape index (κ3) is 4.30. The summed E-state index contributed by atoms with van der Waals surface area (Å²) < 4.78 is 11.3. The highest BCUT2D eigenvalue weighted by Crippen LogP contribution is 2.22. The van der Waals surface area contributed by atoms with Crippen LogP contribution >= 0.6 is 11.6 Å². The third-order valence-corrected chi connectivity index (χ3v) is 4.82. The van der Waals surface area contributed by atoms with Crippen LogP contribution in [0, 0.1) is 0 Å². The van der Waals surface area contributed by atoms with Crippen LogP contribution < -0.4 is 5.32 Å². The van der Waals surface area contributed by atoms with Gasteiger partial charge in [-0.1, -0.05) is 0 Å². The first-order valence-electron chi connectivity index (χ1n) is 7.40. The molecule has 112 valence electrons. The second-order valence-corrected chi connectivity index (χ2v) is 6.26. The molecule has 1 unspecified atom stereocenters. The average Bonchev–Trinajstić information content (AvgIpc) is 2.46. The number of rotatable bonds is 5. The van der Waals surface area contributed by atoms with Crippen molar-refractivity contribution >= 4 is 11.6 Å². The smallest absolute Gasteiger partial charge is 0.0827 e. The van der Waals surface area contributed by atoms with Gasteiger partial charge < -0.3 is 14.8 Å². The van der Waals surface area contributed by atoms with Crippen molar-refractivity contribution in [3.63, 3.8) is 0 Å². The molecule has 2 saturated heterocycles. The first-order valence-corrected chi connectivity index (χ1v) is 7.93. The molecular weight excluding hydrogens is 264 g/mol. The summed E-state index contributed by atoms with van der Waals surface area (Å²) in [4.78, 5) is 2.48. The molecule has 4 nitrogen and oxygen atoms in total. The Kier molecular flexibility index (Phi) is 5.90. The van der Waals surface area contributed by atoms with E-state index in [9.17, 15) is 0 Å². The molecule has 2 heterocycles. The van der Waals surface area contributed by atoms with Gasteiger partial charge in [0.25, 0.3) is 0 Å². The maximum Gasteiger partial charge on any atom is 0.0827 e. The van der Waals surface area contributed by atoms with E-state index < -0.39 is 0 Å².